The van der Waals surface area contributed by atoms with Crippen molar-refractivity contribution in [1.29, 1.82) is 0 Å². The number of ketones is 1. The lowest BCUT2D eigenvalue weighted by atomic mass is 9.73. The van der Waals surface area contributed by atoms with Crippen LogP contribution in [0.3, 0.4) is 0 Å². The van der Waals surface area contributed by atoms with Gasteiger partial charge in [0.25, 0.3) is 0 Å². The van der Waals surface area contributed by atoms with E-state index in [4.69, 9.17) is 9.47 Å². The molecule has 4 nitrogen and oxygen atoms in total. The van der Waals surface area contributed by atoms with Crippen LogP contribution in [0.1, 0.15) is 54.7 Å². The number of carbonyl (C=O) groups is 1. The van der Waals surface area contributed by atoms with Crippen molar-refractivity contribution in [1.82, 2.24) is 0 Å². The van der Waals surface area contributed by atoms with Gasteiger partial charge in [-0.25, -0.2) is 0 Å². The molecule has 1 fully saturated rings. The molecule has 0 bridgehead atoms. The average molecular weight is 473 g/mol. The molecule has 0 amide bonds. The molecule has 0 aromatic heterocycles. The van der Waals surface area contributed by atoms with Crippen LogP contribution in [0.4, 0.5) is 0 Å². The maximum atomic E-state index is 12.4. The summed E-state index contributed by atoms with van der Waals surface area (Å²) < 4.78 is 12.4. The summed E-state index contributed by atoms with van der Waals surface area (Å²) >= 11 is 0. The highest BCUT2D eigenvalue weighted by atomic mass is 16.5. The number of aliphatic hydroxyl groups is 1. The molecule has 1 N–H and O–H groups in total. The molecule has 35 heavy (non-hydrogen) atoms. The van der Waals surface area contributed by atoms with Gasteiger partial charge in [0.15, 0.2) is 0 Å². The standard InChI is InChI=1S/C29H32O4.C2H4/c30-17-7-12-24-13-14-25(31)18-28(24)27-16-15-26(32-20-22-8-3-1-4-9-22)19-29(27)33-21-23-10-5-2-6-11-23;1-2/h1-6,8-11,15-16,19,24,28,30H,7,12-14,17-18,20-21H2;1-2H2/t24-,28-;/m1./s1. The number of ether oxygens (including phenoxy) is 2. The van der Waals surface area contributed by atoms with E-state index in [2.05, 4.69) is 19.2 Å². The number of rotatable bonds is 10. The lowest BCUT2D eigenvalue weighted by Gasteiger charge is -2.32. The summed E-state index contributed by atoms with van der Waals surface area (Å²) in [5.41, 5.74) is 3.26. The van der Waals surface area contributed by atoms with Gasteiger partial charge in [-0.2, -0.15) is 0 Å². The van der Waals surface area contributed by atoms with Crippen molar-refractivity contribution in [3.8, 4) is 11.5 Å². The lowest BCUT2D eigenvalue weighted by Crippen LogP contribution is -2.24. The fourth-order valence-electron chi connectivity index (χ4n) is 4.64. The number of Topliss-reactive ketones (excluding diaryl/α,β-unsaturated/α-hetero) is 1. The molecule has 0 radical (unpaired) electrons. The van der Waals surface area contributed by atoms with Crippen molar-refractivity contribution in [3.05, 3.63) is 109 Å². The molecule has 184 valence electrons. The minimum atomic E-state index is 0.103. The third-order valence-corrected chi connectivity index (χ3v) is 6.41. The maximum Gasteiger partial charge on any atom is 0.133 e. The van der Waals surface area contributed by atoms with Gasteiger partial charge in [0, 0.05) is 25.5 Å². The summed E-state index contributed by atoms with van der Waals surface area (Å²) in [5.74, 6) is 2.30. The summed E-state index contributed by atoms with van der Waals surface area (Å²) in [7, 11) is 0. The normalized spacial score (nSPS) is 17.2. The highest BCUT2D eigenvalue weighted by Crippen LogP contribution is 2.43. The number of benzene rings is 3. The zero-order valence-corrected chi connectivity index (χ0v) is 20.4. The van der Waals surface area contributed by atoms with Gasteiger partial charge in [-0.3, -0.25) is 4.79 Å². The number of carbonyl (C=O) groups excluding carboxylic acids is 1. The van der Waals surface area contributed by atoms with E-state index in [-0.39, 0.29) is 12.5 Å². The Balaban J connectivity index is 0.00000167. The molecule has 1 aliphatic carbocycles. The van der Waals surface area contributed by atoms with E-state index in [9.17, 15) is 9.90 Å². The summed E-state index contributed by atoms with van der Waals surface area (Å²) in [4.78, 5) is 12.4. The number of aliphatic hydroxyl groups excluding tert-OH is 1. The van der Waals surface area contributed by atoms with Crippen LogP contribution in [0.25, 0.3) is 0 Å². The largest absolute Gasteiger partial charge is 0.489 e. The monoisotopic (exact) mass is 472 g/mol. The van der Waals surface area contributed by atoms with Gasteiger partial charge >= 0.3 is 0 Å². The van der Waals surface area contributed by atoms with Crippen LogP contribution in [-0.2, 0) is 18.0 Å². The topological polar surface area (TPSA) is 55.8 Å². The second-order valence-corrected chi connectivity index (χ2v) is 8.76. The Labute approximate surface area is 209 Å². The van der Waals surface area contributed by atoms with Gasteiger partial charge in [-0.1, -0.05) is 66.7 Å². The van der Waals surface area contributed by atoms with Crippen LogP contribution < -0.4 is 9.47 Å². The molecule has 0 unspecified atom stereocenters. The predicted molar refractivity (Wildman–Crippen MR) is 141 cm³/mol. The Morgan fingerprint density at radius 2 is 1.49 bits per heavy atom. The molecule has 3 aromatic carbocycles. The van der Waals surface area contributed by atoms with E-state index in [0.717, 1.165) is 47.5 Å². The van der Waals surface area contributed by atoms with Crippen molar-refractivity contribution < 1.29 is 19.4 Å². The predicted octanol–water partition coefficient (Wildman–Crippen LogP) is 6.87. The Bertz CT molecular complexity index is 1030. The first kappa shape index (κ1) is 26.2. The van der Waals surface area contributed by atoms with Crippen molar-refractivity contribution in [3.63, 3.8) is 0 Å². The van der Waals surface area contributed by atoms with Crippen LogP contribution in [0.15, 0.2) is 92.0 Å². The Hall–Kier alpha value is -3.37. The van der Waals surface area contributed by atoms with Crippen molar-refractivity contribution in [2.75, 3.05) is 6.61 Å². The van der Waals surface area contributed by atoms with E-state index >= 15 is 0 Å². The SMILES string of the molecule is C=C.O=C1CC[C@@H](CCCO)[C@H](c2ccc(OCc3ccccc3)cc2OCc2ccccc2)C1. The molecule has 1 aliphatic rings. The van der Waals surface area contributed by atoms with Crippen LogP contribution in [0, 0.1) is 5.92 Å². The first-order valence-corrected chi connectivity index (χ1v) is 12.3. The molecule has 0 saturated heterocycles. The average Bonchev–Trinajstić information content (AvgIpc) is 2.92. The van der Waals surface area contributed by atoms with Gasteiger partial charge in [0.1, 0.15) is 30.5 Å². The van der Waals surface area contributed by atoms with Crippen LogP contribution in [0.5, 0.6) is 11.5 Å². The van der Waals surface area contributed by atoms with Gasteiger partial charge < -0.3 is 14.6 Å². The van der Waals surface area contributed by atoms with Crippen molar-refractivity contribution in [2.24, 2.45) is 5.92 Å². The fraction of sp³-hybridized carbons (Fsp3) is 0.323. The minimum Gasteiger partial charge on any atom is -0.489 e. The van der Waals surface area contributed by atoms with Crippen LogP contribution >= 0.6 is 0 Å². The van der Waals surface area contributed by atoms with Gasteiger partial charge in [-0.15, -0.1) is 13.2 Å². The molecular formula is C31H36O4. The molecule has 4 rings (SSSR count). The highest BCUT2D eigenvalue weighted by molar-refractivity contribution is 5.80. The Morgan fingerprint density at radius 1 is 0.857 bits per heavy atom. The first-order valence-electron chi connectivity index (χ1n) is 12.3. The smallest absolute Gasteiger partial charge is 0.133 e. The van der Waals surface area contributed by atoms with E-state index < -0.39 is 0 Å². The molecule has 1 saturated carbocycles. The molecule has 0 heterocycles. The third-order valence-electron chi connectivity index (χ3n) is 6.41. The summed E-state index contributed by atoms with van der Waals surface area (Å²) in [6, 6.07) is 26.2. The Kier molecular flexibility index (Phi) is 10.6. The van der Waals surface area contributed by atoms with Crippen molar-refractivity contribution >= 4 is 5.78 Å². The highest BCUT2D eigenvalue weighted by Gasteiger charge is 2.32. The molecule has 2 atom stereocenters. The first-order chi connectivity index (χ1) is 17.2. The number of hydrogen-bond donors (Lipinski definition) is 1. The van der Waals surface area contributed by atoms with E-state index in [1.165, 1.54) is 0 Å². The maximum absolute atomic E-state index is 12.4. The minimum absolute atomic E-state index is 0.103. The zero-order valence-electron chi connectivity index (χ0n) is 20.4. The van der Waals surface area contributed by atoms with Crippen LogP contribution in [-0.4, -0.2) is 17.5 Å². The quantitative estimate of drug-likeness (QED) is 0.327. The molecule has 0 spiro atoms. The molecule has 3 aromatic rings. The Morgan fingerprint density at radius 3 is 2.11 bits per heavy atom. The van der Waals surface area contributed by atoms with Gasteiger partial charge in [-0.05, 0) is 53.9 Å². The number of hydrogen-bond acceptors (Lipinski definition) is 4. The second kappa shape index (κ2) is 14.1. The molecular weight excluding hydrogens is 436 g/mol. The van der Waals surface area contributed by atoms with E-state index in [1.54, 1.807) is 0 Å². The summed E-state index contributed by atoms with van der Waals surface area (Å²) in [6.07, 6.45) is 3.70. The lowest BCUT2D eigenvalue weighted by molar-refractivity contribution is -0.121. The van der Waals surface area contributed by atoms with Crippen molar-refractivity contribution in [2.45, 2.75) is 51.2 Å². The zero-order chi connectivity index (χ0) is 24.9. The molecule has 4 heteroatoms. The van der Waals surface area contributed by atoms with E-state index in [1.807, 2.05) is 72.8 Å². The summed E-state index contributed by atoms with van der Waals surface area (Å²) in [5, 5.41) is 9.35. The van der Waals surface area contributed by atoms with Crippen LogP contribution in [0.2, 0.25) is 0 Å². The fourth-order valence-corrected chi connectivity index (χ4v) is 4.64. The summed E-state index contributed by atoms with van der Waals surface area (Å²) in [6.45, 7) is 7.12. The third kappa shape index (κ3) is 7.83. The molecule has 0 aliphatic heterocycles. The van der Waals surface area contributed by atoms with Gasteiger partial charge in [0.05, 0.1) is 0 Å². The van der Waals surface area contributed by atoms with E-state index in [0.29, 0.717) is 37.8 Å². The van der Waals surface area contributed by atoms with Gasteiger partial charge in [0.2, 0.25) is 0 Å². The second-order valence-electron chi connectivity index (χ2n) is 8.76.